The molecule has 4 N–H and O–H groups in total. The monoisotopic (exact) mass is 680 g/mol. The number of fused-ring (bicyclic) bond motifs is 1. The second-order valence-corrected chi connectivity index (χ2v) is 14.9. The molecule has 10 nitrogen and oxygen atoms in total. The molecule has 0 spiro atoms. The highest BCUT2D eigenvalue weighted by Gasteiger charge is 2.50. The van der Waals surface area contributed by atoms with Crippen LogP contribution in [-0.2, 0) is 19.8 Å². The van der Waals surface area contributed by atoms with E-state index >= 15 is 0 Å². The number of benzene rings is 3. The molecule has 4 aromatic rings. The molecule has 48 heavy (non-hydrogen) atoms. The summed E-state index contributed by atoms with van der Waals surface area (Å²) in [4.78, 5) is 66.1. The van der Waals surface area contributed by atoms with Crippen LogP contribution in [0.15, 0.2) is 84.9 Å². The topological polar surface area (TPSA) is 143 Å². The number of amides is 3. The van der Waals surface area contributed by atoms with Crippen molar-refractivity contribution in [3.8, 4) is 0 Å². The van der Waals surface area contributed by atoms with Crippen molar-refractivity contribution in [1.82, 2.24) is 20.1 Å². The molecule has 1 aromatic heterocycles. The highest BCUT2D eigenvalue weighted by molar-refractivity contribution is 7.52. The number of hydrogen-bond donors (Lipinski definition) is 4. The second kappa shape index (κ2) is 13.3. The number of carbonyl (C=O) groups is 3. The van der Waals surface area contributed by atoms with E-state index in [1.54, 1.807) is 32.7 Å². The minimum atomic E-state index is -5.79. The van der Waals surface area contributed by atoms with E-state index in [1.807, 2.05) is 60.7 Å². The van der Waals surface area contributed by atoms with Crippen molar-refractivity contribution in [2.24, 2.45) is 5.41 Å². The molecule has 0 bridgehead atoms. The molecule has 1 saturated heterocycles. The molecule has 5 rings (SSSR count). The first kappa shape index (κ1) is 34.9. The van der Waals surface area contributed by atoms with E-state index in [1.165, 1.54) is 17.0 Å². The fourth-order valence-electron chi connectivity index (χ4n) is 6.19. The average molecular weight is 681 g/mol. The van der Waals surface area contributed by atoms with Crippen molar-refractivity contribution < 1.29 is 37.5 Å². The van der Waals surface area contributed by atoms with Crippen LogP contribution in [0.5, 0.6) is 0 Å². The molecule has 13 heteroatoms. The Bertz CT molecular complexity index is 1820. The molecule has 1 aliphatic rings. The van der Waals surface area contributed by atoms with Crippen molar-refractivity contribution >= 4 is 36.2 Å². The summed E-state index contributed by atoms with van der Waals surface area (Å²) in [7, 11) is -4.06. The smallest absolute Gasteiger partial charge is 0.351 e. The molecule has 254 valence electrons. The molecule has 0 radical (unpaired) electrons. The number of hydrogen-bond acceptors (Lipinski definition) is 4. The fraction of sp³-hybridized carbons (Fsp3) is 0.343. The molecular weight excluding hydrogens is 641 g/mol. The number of halogens is 2. The normalized spacial score (nSPS) is 16.3. The van der Waals surface area contributed by atoms with Gasteiger partial charge < -0.3 is 29.9 Å². The van der Waals surface area contributed by atoms with Gasteiger partial charge in [0.15, 0.2) is 0 Å². The van der Waals surface area contributed by atoms with Gasteiger partial charge in [-0.05, 0) is 47.6 Å². The van der Waals surface area contributed by atoms with Crippen molar-refractivity contribution in [2.75, 3.05) is 13.6 Å². The van der Waals surface area contributed by atoms with E-state index in [-0.39, 0.29) is 28.5 Å². The molecule has 0 aliphatic carbocycles. The summed E-state index contributed by atoms with van der Waals surface area (Å²) < 4.78 is 40.0. The standard InChI is InChI=1S/C35H39F2N4O6P/c1-34(2,3)30(39-31(42)27-21-24-20-25(17-18-26(24)38-27)35(36,37)48(45,46)47)33(44)41-19-11-16-28(41)32(43)40(4)29(22-12-7-5-8-13-22)23-14-9-6-10-15-23/h5-10,12-15,17-18,20-21,28-30,38H,11,16,19H2,1-4H3,(H,39,42)(H2,45,46,47)/t28-,30+/m0/s1. The van der Waals surface area contributed by atoms with E-state index in [0.717, 1.165) is 23.3 Å². The van der Waals surface area contributed by atoms with Gasteiger partial charge in [0, 0.05) is 30.1 Å². The molecule has 3 aromatic carbocycles. The van der Waals surface area contributed by atoms with Gasteiger partial charge in [-0.3, -0.25) is 18.9 Å². The van der Waals surface area contributed by atoms with Crippen molar-refractivity contribution in [2.45, 2.75) is 57.4 Å². The Balaban J connectivity index is 1.38. The van der Waals surface area contributed by atoms with Gasteiger partial charge in [-0.25, -0.2) is 0 Å². The van der Waals surface area contributed by atoms with Crippen molar-refractivity contribution in [3.05, 3.63) is 107 Å². The largest absolute Gasteiger partial charge is 0.399 e. The second-order valence-electron chi connectivity index (χ2n) is 13.2. The van der Waals surface area contributed by atoms with Crippen LogP contribution in [0.1, 0.15) is 66.8 Å². The van der Waals surface area contributed by atoms with Crippen LogP contribution in [0.4, 0.5) is 8.78 Å². The zero-order chi connectivity index (χ0) is 35.0. The van der Waals surface area contributed by atoms with Crippen LogP contribution in [0, 0.1) is 5.41 Å². The number of likely N-dealkylation sites (N-methyl/N-ethyl adjacent to an activating group) is 1. The maximum atomic E-state index is 14.3. The van der Waals surface area contributed by atoms with Gasteiger partial charge in [-0.15, -0.1) is 0 Å². The van der Waals surface area contributed by atoms with Crippen LogP contribution < -0.4 is 5.32 Å². The van der Waals surface area contributed by atoms with E-state index < -0.39 is 48.1 Å². The number of H-pyrrole nitrogens is 1. The van der Waals surface area contributed by atoms with Gasteiger partial charge in [-0.1, -0.05) is 87.5 Å². The molecule has 2 heterocycles. The Kier molecular flexibility index (Phi) is 9.65. The molecular formula is C35H39F2N4O6P. The molecule has 2 atom stereocenters. The number of carbonyl (C=O) groups excluding carboxylic acids is 3. The lowest BCUT2D eigenvalue weighted by Gasteiger charge is -2.37. The van der Waals surface area contributed by atoms with E-state index in [2.05, 4.69) is 10.3 Å². The number of likely N-dealkylation sites (tertiary alicyclic amines) is 1. The molecule has 3 amide bonds. The minimum Gasteiger partial charge on any atom is -0.351 e. The number of aromatic nitrogens is 1. The maximum absolute atomic E-state index is 14.3. The number of rotatable bonds is 9. The summed E-state index contributed by atoms with van der Waals surface area (Å²) in [5, 5.41) is 2.91. The van der Waals surface area contributed by atoms with Gasteiger partial charge in [0.25, 0.3) is 5.91 Å². The third-order valence-corrected chi connectivity index (χ3v) is 9.74. The first-order valence-corrected chi connectivity index (χ1v) is 17.2. The SMILES string of the molecule is CN(C(=O)[C@@H]1CCCN1C(=O)[C@@H](NC(=O)c1cc2cc(C(F)(F)P(=O)(O)O)ccc2[nH]1)C(C)(C)C)C(c1ccccc1)c1ccccc1. The molecule has 1 aliphatic heterocycles. The minimum absolute atomic E-state index is 0.0361. The third-order valence-electron chi connectivity index (χ3n) is 8.75. The van der Waals surface area contributed by atoms with Gasteiger partial charge >= 0.3 is 13.3 Å². The van der Waals surface area contributed by atoms with Crippen molar-refractivity contribution in [1.29, 1.82) is 0 Å². The predicted octanol–water partition coefficient (Wildman–Crippen LogP) is 5.78. The lowest BCUT2D eigenvalue weighted by Crippen LogP contribution is -2.58. The van der Waals surface area contributed by atoms with Gasteiger partial charge in [0.05, 0.1) is 6.04 Å². The van der Waals surface area contributed by atoms with Gasteiger partial charge in [0.2, 0.25) is 11.8 Å². The Morgan fingerprint density at radius 1 is 0.958 bits per heavy atom. The summed E-state index contributed by atoms with van der Waals surface area (Å²) in [6.45, 7) is 5.70. The van der Waals surface area contributed by atoms with E-state index in [9.17, 15) is 27.7 Å². The Morgan fingerprint density at radius 2 is 1.54 bits per heavy atom. The van der Waals surface area contributed by atoms with Crippen LogP contribution >= 0.6 is 7.60 Å². The summed E-state index contributed by atoms with van der Waals surface area (Å²) in [5.74, 6) is -1.33. The zero-order valence-corrected chi connectivity index (χ0v) is 28.0. The van der Waals surface area contributed by atoms with Gasteiger partial charge in [0.1, 0.15) is 17.8 Å². The Morgan fingerprint density at radius 3 is 2.08 bits per heavy atom. The summed E-state index contributed by atoms with van der Waals surface area (Å²) in [6.07, 6.45) is 1.06. The van der Waals surface area contributed by atoms with Crippen LogP contribution in [-0.4, -0.2) is 68.0 Å². The number of aromatic amines is 1. The summed E-state index contributed by atoms with van der Waals surface area (Å²) >= 11 is 0. The Labute approximate surface area is 277 Å². The average Bonchev–Trinajstić information content (AvgIpc) is 3.70. The van der Waals surface area contributed by atoms with E-state index in [4.69, 9.17) is 9.79 Å². The van der Waals surface area contributed by atoms with E-state index in [0.29, 0.717) is 19.4 Å². The Hall–Kier alpha value is -4.38. The lowest BCUT2D eigenvalue weighted by molar-refractivity contribution is -0.146. The van der Waals surface area contributed by atoms with Gasteiger partial charge in [-0.2, -0.15) is 8.78 Å². The van der Waals surface area contributed by atoms with Crippen LogP contribution in [0.2, 0.25) is 0 Å². The number of nitrogens with one attached hydrogen (secondary N) is 2. The number of nitrogens with zero attached hydrogens (tertiary/aromatic N) is 2. The third kappa shape index (κ3) is 6.92. The first-order chi connectivity index (χ1) is 22.5. The predicted molar refractivity (Wildman–Crippen MR) is 177 cm³/mol. The van der Waals surface area contributed by atoms with Crippen molar-refractivity contribution in [3.63, 3.8) is 0 Å². The summed E-state index contributed by atoms with van der Waals surface area (Å²) in [5.41, 5.74) is -4.00. The number of alkyl halides is 2. The zero-order valence-electron chi connectivity index (χ0n) is 27.1. The fourth-order valence-corrected chi connectivity index (χ4v) is 6.67. The van der Waals surface area contributed by atoms with Crippen LogP contribution in [0.25, 0.3) is 10.9 Å². The summed E-state index contributed by atoms with van der Waals surface area (Å²) in [6, 6.07) is 21.4. The van der Waals surface area contributed by atoms with Crippen LogP contribution in [0.3, 0.4) is 0 Å². The maximum Gasteiger partial charge on any atom is 0.399 e. The highest BCUT2D eigenvalue weighted by atomic mass is 31.2. The molecule has 0 saturated carbocycles. The first-order valence-electron chi connectivity index (χ1n) is 15.6. The quantitative estimate of drug-likeness (QED) is 0.165. The lowest BCUT2D eigenvalue weighted by atomic mass is 9.85. The molecule has 1 fully saturated rings. The highest BCUT2D eigenvalue weighted by Crippen LogP contribution is 2.59. The molecule has 0 unspecified atom stereocenters.